The molecular weight excluding hydrogens is 326 g/mol. The van der Waals surface area contributed by atoms with Gasteiger partial charge >= 0.3 is 6.09 Å². The molecule has 1 amide bonds. The molecule has 0 bridgehead atoms. The van der Waals surface area contributed by atoms with Gasteiger partial charge in [0.25, 0.3) is 0 Å². The molecule has 2 rings (SSSR count). The van der Waals surface area contributed by atoms with E-state index in [-0.39, 0.29) is 31.1 Å². The number of nitrogens with one attached hydrogen (secondary N) is 1. The maximum Gasteiger partial charge on any atom is 0.408 e. The van der Waals surface area contributed by atoms with Gasteiger partial charge in [0.15, 0.2) is 6.29 Å². The Labute approximate surface area is 149 Å². The van der Waals surface area contributed by atoms with Gasteiger partial charge in [-0.3, -0.25) is 0 Å². The Bertz CT molecular complexity index is 441. The third-order valence-electron chi connectivity index (χ3n) is 3.99. The van der Waals surface area contributed by atoms with E-state index in [1.54, 1.807) is 6.08 Å². The Morgan fingerprint density at radius 1 is 1.32 bits per heavy atom. The van der Waals surface area contributed by atoms with Crippen molar-refractivity contribution >= 4 is 6.09 Å². The summed E-state index contributed by atoms with van der Waals surface area (Å²) in [7, 11) is 0. The second kappa shape index (κ2) is 9.52. The van der Waals surface area contributed by atoms with Crippen molar-refractivity contribution in [2.24, 2.45) is 0 Å². The van der Waals surface area contributed by atoms with Gasteiger partial charge < -0.3 is 29.4 Å². The number of hydrogen-bond donors (Lipinski definition) is 2. The first-order chi connectivity index (χ1) is 11.9. The number of alkyl carbamates (subject to hydrolysis) is 1. The van der Waals surface area contributed by atoms with Crippen LogP contribution < -0.4 is 5.32 Å². The van der Waals surface area contributed by atoms with E-state index in [1.807, 2.05) is 26.8 Å². The van der Waals surface area contributed by atoms with Crippen LogP contribution in [-0.2, 0) is 18.9 Å². The molecule has 1 saturated heterocycles. The highest BCUT2D eigenvalue weighted by Gasteiger charge is 2.30. The molecule has 0 aromatic carbocycles. The average molecular weight is 357 g/mol. The van der Waals surface area contributed by atoms with E-state index < -0.39 is 11.7 Å². The highest BCUT2D eigenvalue weighted by atomic mass is 16.7. The number of aliphatic hydroxyl groups is 1. The van der Waals surface area contributed by atoms with Crippen LogP contribution in [0.5, 0.6) is 0 Å². The molecule has 2 N–H and O–H groups in total. The zero-order valence-corrected chi connectivity index (χ0v) is 15.4. The van der Waals surface area contributed by atoms with Crippen LogP contribution in [0.25, 0.3) is 0 Å². The molecule has 7 heteroatoms. The van der Waals surface area contributed by atoms with Crippen LogP contribution in [0.15, 0.2) is 12.2 Å². The number of rotatable bonds is 6. The normalized spacial score (nSPS) is 30.1. The minimum absolute atomic E-state index is 0.0985. The minimum Gasteiger partial charge on any atom is -0.444 e. The molecule has 0 aromatic rings. The van der Waals surface area contributed by atoms with Crippen LogP contribution in [0, 0.1) is 0 Å². The fourth-order valence-corrected chi connectivity index (χ4v) is 2.82. The summed E-state index contributed by atoms with van der Waals surface area (Å²) in [5.41, 5.74) is -0.562. The highest BCUT2D eigenvalue weighted by molar-refractivity contribution is 5.68. The summed E-state index contributed by atoms with van der Waals surface area (Å²) in [5, 5.41) is 12.1. The fraction of sp³-hybridized carbons (Fsp3) is 0.833. The van der Waals surface area contributed by atoms with Gasteiger partial charge in [-0.25, -0.2) is 4.79 Å². The SMILES string of the molecule is CC(C)(C)OC(=O)N[C@@H]1C=C[C@@H](CO)O[C@@H]1CCOC1CCCCO1. The maximum absolute atomic E-state index is 12.0. The molecule has 0 saturated carbocycles. The third-order valence-corrected chi connectivity index (χ3v) is 3.99. The van der Waals surface area contributed by atoms with Gasteiger partial charge in [0, 0.05) is 6.61 Å². The first kappa shape index (κ1) is 20.2. The molecule has 4 atom stereocenters. The van der Waals surface area contributed by atoms with Crippen molar-refractivity contribution in [2.45, 2.75) is 76.6 Å². The molecule has 1 unspecified atom stereocenters. The minimum atomic E-state index is -0.562. The molecule has 0 radical (unpaired) electrons. The molecule has 2 heterocycles. The number of ether oxygens (including phenoxy) is 4. The predicted octanol–water partition coefficient (Wildman–Crippen LogP) is 2.13. The highest BCUT2D eigenvalue weighted by Crippen LogP contribution is 2.19. The quantitative estimate of drug-likeness (QED) is 0.708. The van der Waals surface area contributed by atoms with Crippen LogP contribution in [0.2, 0.25) is 0 Å². The molecule has 0 spiro atoms. The Morgan fingerprint density at radius 2 is 2.12 bits per heavy atom. The zero-order chi connectivity index (χ0) is 18.3. The van der Waals surface area contributed by atoms with Crippen molar-refractivity contribution in [3.8, 4) is 0 Å². The van der Waals surface area contributed by atoms with Crippen LogP contribution in [-0.4, -0.2) is 61.2 Å². The van der Waals surface area contributed by atoms with Crippen molar-refractivity contribution < 1.29 is 28.8 Å². The van der Waals surface area contributed by atoms with E-state index in [4.69, 9.17) is 18.9 Å². The molecule has 0 aromatic heterocycles. The van der Waals surface area contributed by atoms with Gasteiger partial charge in [-0.05, 0) is 46.5 Å². The van der Waals surface area contributed by atoms with E-state index in [0.717, 1.165) is 25.9 Å². The Hall–Kier alpha value is -1.15. The summed E-state index contributed by atoms with van der Waals surface area (Å²) in [4.78, 5) is 12.0. The van der Waals surface area contributed by atoms with Crippen molar-refractivity contribution in [1.82, 2.24) is 5.32 Å². The maximum atomic E-state index is 12.0. The zero-order valence-electron chi connectivity index (χ0n) is 15.4. The first-order valence-electron chi connectivity index (χ1n) is 9.05. The van der Waals surface area contributed by atoms with Gasteiger partial charge in [0.05, 0.1) is 31.5 Å². The average Bonchev–Trinajstić information content (AvgIpc) is 2.55. The van der Waals surface area contributed by atoms with Crippen molar-refractivity contribution in [3.63, 3.8) is 0 Å². The van der Waals surface area contributed by atoms with Crippen LogP contribution in [0.1, 0.15) is 46.5 Å². The summed E-state index contributed by atoms with van der Waals surface area (Å²) in [6.07, 6.45) is 5.98. The van der Waals surface area contributed by atoms with Gasteiger partial charge in [-0.15, -0.1) is 0 Å². The van der Waals surface area contributed by atoms with Gasteiger partial charge in [-0.2, -0.15) is 0 Å². The lowest BCUT2D eigenvalue weighted by Gasteiger charge is -2.33. The van der Waals surface area contributed by atoms with Gasteiger partial charge in [0.2, 0.25) is 0 Å². The van der Waals surface area contributed by atoms with E-state index in [2.05, 4.69) is 5.32 Å². The lowest BCUT2D eigenvalue weighted by Crippen LogP contribution is -2.49. The monoisotopic (exact) mass is 357 g/mol. The number of carbonyl (C=O) groups is 1. The van der Waals surface area contributed by atoms with Crippen molar-refractivity contribution in [1.29, 1.82) is 0 Å². The number of carbonyl (C=O) groups excluding carboxylic acids is 1. The Morgan fingerprint density at radius 3 is 2.76 bits per heavy atom. The summed E-state index contributed by atoms with van der Waals surface area (Å²) in [5.74, 6) is 0. The predicted molar refractivity (Wildman–Crippen MR) is 92.2 cm³/mol. The lowest BCUT2D eigenvalue weighted by atomic mass is 10.0. The molecule has 144 valence electrons. The number of hydrogen-bond acceptors (Lipinski definition) is 6. The van der Waals surface area contributed by atoms with Gasteiger partial charge in [-0.1, -0.05) is 12.2 Å². The second-order valence-electron chi connectivity index (χ2n) is 7.41. The Balaban J connectivity index is 1.84. The molecule has 2 aliphatic rings. The largest absolute Gasteiger partial charge is 0.444 e. The molecule has 2 aliphatic heterocycles. The number of aliphatic hydroxyl groups excluding tert-OH is 1. The molecular formula is C18H31NO6. The standard InChI is InChI=1S/C18H31NO6/c1-18(2,3)25-17(21)19-14-8-7-13(12-20)24-15(14)9-11-23-16-6-4-5-10-22-16/h7-8,13-16,20H,4-6,9-12H2,1-3H3,(H,19,21)/t13-,14+,15+,16?/m0/s1. The van der Waals surface area contributed by atoms with E-state index in [1.165, 1.54) is 0 Å². The summed E-state index contributed by atoms with van der Waals surface area (Å²) >= 11 is 0. The van der Waals surface area contributed by atoms with Crippen LogP contribution >= 0.6 is 0 Å². The molecule has 0 aliphatic carbocycles. The summed E-state index contributed by atoms with van der Waals surface area (Å²) in [6.45, 7) is 6.56. The second-order valence-corrected chi connectivity index (χ2v) is 7.41. The lowest BCUT2D eigenvalue weighted by molar-refractivity contribution is -0.168. The van der Waals surface area contributed by atoms with E-state index in [9.17, 15) is 9.90 Å². The first-order valence-corrected chi connectivity index (χ1v) is 9.05. The summed E-state index contributed by atoms with van der Waals surface area (Å²) in [6, 6.07) is -0.325. The van der Waals surface area contributed by atoms with Crippen molar-refractivity contribution in [3.05, 3.63) is 12.2 Å². The summed E-state index contributed by atoms with van der Waals surface area (Å²) < 4.78 is 22.4. The van der Waals surface area contributed by atoms with E-state index >= 15 is 0 Å². The Kier molecular flexibility index (Phi) is 7.68. The fourth-order valence-electron chi connectivity index (χ4n) is 2.82. The van der Waals surface area contributed by atoms with Gasteiger partial charge in [0.1, 0.15) is 5.60 Å². The van der Waals surface area contributed by atoms with Crippen LogP contribution in [0.3, 0.4) is 0 Å². The van der Waals surface area contributed by atoms with Crippen LogP contribution in [0.4, 0.5) is 4.79 Å². The molecule has 7 nitrogen and oxygen atoms in total. The smallest absolute Gasteiger partial charge is 0.408 e. The molecule has 1 fully saturated rings. The van der Waals surface area contributed by atoms with E-state index in [0.29, 0.717) is 13.0 Å². The molecule has 25 heavy (non-hydrogen) atoms. The third kappa shape index (κ3) is 7.32. The van der Waals surface area contributed by atoms with Crippen molar-refractivity contribution in [2.75, 3.05) is 19.8 Å². The number of amides is 1. The topological polar surface area (TPSA) is 86.3 Å².